The summed E-state index contributed by atoms with van der Waals surface area (Å²) in [4.78, 5) is 15.5. The Hall–Kier alpha value is -1.42. The first-order valence-electron chi connectivity index (χ1n) is 6.79. The fourth-order valence-electron chi connectivity index (χ4n) is 2.80. The highest BCUT2D eigenvalue weighted by Gasteiger charge is 2.23. The van der Waals surface area contributed by atoms with Crippen molar-refractivity contribution in [2.75, 3.05) is 17.3 Å². The number of hydrogen-bond donors (Lipinski definition) is 0. The van der Waals surface area contributed by atoms with Crippen LogP contribution in [0.15, 0.2) is 24.5 Å². The van der Waals surface area contributed by atoms with Gasteiger partial charge in [-0.05, 0) is 25.0 Å². The summed E-state index contributed by atoms with van der Waals surface area (Å²) in [6.07, 6.45) is 8.44. The van der Waals surface area contributed by atoms with Crippen LogP contribution in [0.5, 0.6) is 0 Å². The Morgan fingerprint density at radius 2 is 1.95 bits per heavy atom. The lowest BCUT2D eigenvalue weighted by Gasteiger charge is -2.29. The molecule has 3 rings (SSSR count). The predicted molar refractivity (Wildman–Crippen MR) is 77.7 cm³/mol. The monoisotopic (exact) mass is 276 g/mol. The molecule has 100 valence electrons. The third-order valence-electron chi connectivity index (χ3n) is 3.70. The Balaban J connectivity index is 1.94. The standard InChI is InChI=1S/C14H17ClN4/c15-7-10-19(11-3-1-2-4-11)13-6-5-12-14(18-13)17-9-8-16-12/h5-6,8-9,11H,1-4,7,10H2. The fraction of sp³-hybridized carbons (Fsp3) is 0.500. The first-order chi connectivity index (χ1) is 9.38. The first-order valence-corrected chi connectivity index (χ1v) is 7.32. The number of hydrogen-bond acceptors (Lipinski definition) is 4. The third kappa shape index (κ3) is 2.63. The zero-order chi connectivity index (χ0) is 13.1. The molecule has 0 bridgehead atoms. The van der Waals surface area contributed by atoms with E-state index in [9.17, 15) is 0 Å². The van der Waals surface area contributed by atoms with Gasteiger partial charge >= 0.3 is 0 Å². The Morgan fingerprint density at radius 3 is 2.74 bits per heavy atom. The average Bonchev–Trinajstić information content (AvgIpc) is 2.98. The Bertz CT molecular complexity index is 554. The van der Waals surface area contributed by atoms with E-state index in [0.717, 1.165) is 17.9 Å². The van der Waals surface area contributed by atoms with E-state index in [0.29, 0.717) is 17.6 Å². The molecule has 2 aromatic heterocycles. The lowest BCUT2D eigenvalue weighted by Crippen LogP contribution is -2.35. The van der Waals surface area contributed by atoms with Crippen LogP contribution in [0.2, 0.25) is 0 Å². The van der Waals surface area contributed by atoms with Crippen molar-refractivity contribution in [3.8, 4) is 0 Å². The topological polar surface area (TPSA) is 41.9 Å². The fourth-order valence-corrected chi connectivity index (χ4v) is 2.98. The van der Waals surface area contributed by atoms with Crippen molar-refractivity contribution < 1.29 is 0 Å². The Kier molecular flexibility index (Phi) is 3.78. The number of anilines is 1. The van der Waals surface area contributed by atoms with Gasteiger partial charge in [-0.3, -0.25) is 4.98 Å². The summed E-state index contributed by atoms with van der Waals surface area (Å²) < 4.78 is 0. The molecule has 0 atom stereocenters. The number of alkyl halides is 1. The van der Waals surface area contributed by atoms with Crippen LogP contribution in [0.25, 0.3) is 11.2 Å². The lowest BCUT2D eigenvalue weighted by molar-refractivity contribution is 0.615. The summed E-state index contributed by atoms with van der Waals surface area (Å²) >= 11 is 5.95. The molecular weight excluding hydrogens is 260 g/mol. The summed E-state index contributed by atoms with van der Waals surface area (Å²) in [5.74, 6) is 1.59. The maximum absolute atomic E-state index is 5.95. The molecule has 4 nitrogen and oxygen atoms in total. The first kappa shape index (κ1) is 12.6. The van der Waals surface area contributed by atoms with Gasteiger partial charge in [0.2, 0.25) is 0 Å². The van der Waals surface area contributed by atoms with Gasteiger partial charge in [-0.1, -0.05) is 12.8 Å². The minimum atomic E-state index is 0.570. The van der Waals surface area contributed by atoms with Gasteiger partial charge in [0.1, 0.15) is 11.3 Å². The third-order valence-corrected chi connectivity index (χ3v) is 3.87. The van der Waals surface area contributed by atoms with Crippen LogP contribution in [-0.2, 0) is 0 Å². The van der Waals surface area contributed by atoms with E-state index in [4.69, 9.17) is 11.6 Å². The van der Waals surface area contributed by atoms with E-state index in [1.54, 1.807) is 12.4 Å². The SMILES string of the molecule is ClCCN(c1ccc2nccnc2n1)C1CCCC1. The number of pyridine rings is 1. The van der Waals surface area contributed by atoms with Crippen molar-refractivity contribution in [1.82, 2.24) is 15.0 Å². The van der Waals surface area contributed by atoms with Crippen LogP contribution < -0.4 is 4.90 Å². The Morgan fingerprint density at radius 1 is 1.16 bits per heavy atom. The average molecular weight is 277 g/mol. The second-order valence-corrected chi connectivity index (χ2v) is 5.27. The van der Waals surface area contributed by atoms with Crippen LogP contribution in [0.1, 0.15) is 25.7 Å². The second kappa shape index (κ2) is 5.70. The zero-order valence-electron chi connectivity index (χ0n) is 10.8. The lowest BCUT2D eigenvalue weighted by atomic mass is 10.2. The molecule has 1 fully saturated rings. The molecule has 2 heterocycles. The number of aromatic nitrogens is 3. The van der Waals surface area contributed by atoms with Crippen molar-refractivity contribution in [2.24, 2.45) is 0 Å². The predicted octanol–water partition coefficient (Wildman–Crippen LogP) is 3.01. The van der Waals surface area contributed by atoms with Crippen LogP contribution >= 0.6 is 11.6 Å². The van der Waals surface area contributed by atoms with Crippen LogP contribution in [0.4, 0.5) is 5.82 Å². The smallest absolute Gasteiger partial charge is 0.180 e. The highest BCUT2D eigenvalue weighted by molar-refractivity contribution is 6.18. The second-order valence-electron chi connectivity index (χ2n) is 4.89. The van der Waals surface area contributed by atoms with Gasteiger partial charge < -0.3 is 4.90 Å². The van der Waals surface area contributed by atoms with Gasteiger partial charge in [0.25, 0.3) is 0 Å². The minimum Gasteiger partial charge on any atom is -0.352 e. The molecule has 1 aliphatic rings. The molecule has 2 aromatic rings. The zero-order valence-corrected chi connectivity index (χ0v) is 11.6. The van der Waals surface area contributed by atoms with Crippen molar-refractivity contribution in [1.29, 1.82) is 0 Å². The molecule has 1 aliphatic carbocycles. The van der Waals surface area contributed by atoms with Gasteiger partial charge in [0.15, 0.2) is 5.65 Å². The van der Waals surface area contributed by atoms with E-state index in [2.05, 4.69) is 19.9 Å². The summed E-state index contributed by atoms with van der Waals surface area (Å²) in [7, 11) is 0. The number of nitrogens with zero attached hydrogens (tertiary/aromatic N) is 4. The summed E-state index contributed by atoms with van der Waals surface area (Å²) in [6.45, 7) is 0.838. The molecule has 5 heteroatoms. The quantitative estimate of drug-likeness (QED) is 0.805. The van der Waals surface area contributed by atoms with Gasteiger partial charge in [-0.25, -0.2) is 9.97 Å². The largest absolute Gasteiger partial charge is 0.352 e. The molecular formula is C14H17ClN4. The number of rotatable bonds is 4. The Labute approximate surface area is 117 Å². The number of halogens is 1. The van der Waals surface area contributed by atoms with Crippen LogP contribution in [0, 0.1) is 0 Å². The molecule has 0 aromatic carbocycles. The highest BCUT2D eigenvalue weighted by atomic mass is 35.5. The van der Waals surface area contributed by atoms with Crippen molar-refractivity contribution >= 4 is 28.6 Å². The summed E-state index contributed by atoms with van der Waals surface area (Å²) in [5, 5.41) is 0. The van der Waals surface area contributed by atoms with E-state index in [1.165, 1.54) is 25.7 Å². The van der Waals surface area contributed by atoms with Crippen molar-refractivity contribution in [2.45, 2.75) is 31.7 Å². The molecule has 19 heavy (non-hydrogen) atoms. The van der Waals surface area contributed by atoms with Crippen molar-refractivity contribution in [3.05, 3.63) is 24.5 Å². The maximum atomic E-state index is 5.95. The minimum absolute atomic E-state index is 0.570. The molecule has 0 amide bonds. The van der Waals surface area contributed by atoms with Gasteiger partial charge in [-0.2, -0.15) is 0 Å². The van der Waals surface area contributed by atoms with Crippen molar-refractivity contribution in [3.63, 3.8) is 0 Å². The number of fused-ring (bicyclic) bond motifs is 1. The van der Waals surface area contributed by atoms with Gasteiger partial charge in [0.05, 0.1) is 0 Å². The van der Waals surface area contributed by atoms with E-state index in [-0.39, 0.29) is 0 Å². The molecule has 0 aliphatic heterocycles. The van der Waals surface area contributed by atoms with E-state index >= 15 is 0 Å². The van der Waals surface area contributed by atoms with E-state index < -0.39 is 0 Å². The van der Waals surface area contributed by atoms with Gasteiger partial charge in [0, 0.05) is 30.9 Å². The molecule has 0 unspecified atom stereocenters. The van der Waals surface area contributed by atoms with Gasteiger partial charge in [-0.15, -0.1) is 11.6 Å². The highest BCUT2D eigenvalue weighted by Crippen LogP contribution is 2.27. The molecule has 0 spiro atoms. The van der Waals surface area contributed by atoms with Crippen LogP contribution in [0.3, 0.4) is 0 Å². The van der Waals surface area contributed by atoms with E-state index in [1.807, 2.05) is 12.1 Å². The summed E-state index contributed by atoms with van der Waals surface area (Å²) in [6, 6.07) is 4.59. The molecule has 0 radical (unpaired) electrons. The van der Waals surface area contributed by atoms with Crippen LogP contribution in [-0.4, -0.2) is 33.4 Å². The summed E-state index contributed by atoms with van der Waals surface area (Å²) in [5.41, 5.74) is 1.54. The molecule has 0 saturated heterocycles. The molecule has 0 N–H and O–H groups in total. The normalized spacial score (nSPS) is 16.1. The molecule has 1 saturated carbocycles. The maximum Gasteiger partial charge on any atom is 0.180 e.